The number of fused-ring (bicyclic) bond motifs is 1. The molecule has 1 aliphatic rings. The average Bonchev–Trinajstić information content (AvgIpc) is 2.79. The van der Waals surface area contributed by atoms with Crippen LogP contribution in [0.3, 0.4) is 0 Å². The molecule has 2 atom stereocenters. The molecule has 0 aromatic heterocycles. The van der Waals surface area contributed by atoms with Crippen LogP contribution in [0.5, 0.6) is 23.0 Å². The molecule has 3 aromatic rings. The predicted octanol–water partition coefficient (Wildman–Crippen LogP) is 3.43. The molecule has 0 aliphatic carbocycles. The van der Waals surface area contributed by atoms with Crippen molar-refractivity contribution in [3.05, 3.63) is 83.9 Å². The minimum atomic E-state index is -0.922. The van der Waals surface area contributed by atoms with Crippen molar-refractivity contribution in [2.75, 3.05) is 7.11 Å². The highest BCUT2D eigenvalue weighted by molar-refractivity contribution is 5.86. The standard InChI is InChI=1S/C23H20N2O5/c1-28-20-13-15(11-12-17(20)26)14-24-25-23(27)22-21(16-7-3-2-4-8-16)29-18-9-5-6-10-19(18)30-22/h2-14,21-22,26H,1H3,(H,25,27)/b24-14-/t21-,22-/m1/s1. The van der Waals surface area contributed by atoms with E-state index in [1.165, 1.54) is 19.4 Å². The number of hydrazone groups is 1. The Bertz CT molecular complexity index is 1070. The van der Waals surface area contributed by atoms with E-state index in [1.54, 1.807) is 24.3 Å². The normalized spacial score (nSPS) is 17.5. The Morgan fingerprint density at radius 3 is 2.47 bits per heavy atom. The van der Waals surface area contributed by atoms with Gasteiger partial charge in [0.2, 0.25) is 6.10 Å². The van der Waals surface area contributed by atoms with E-state index >= 15 is 0 Å². The van der Waals surface area contributed by atoms with Crippen molar-refractivity contribution < 1.29 is 24.1 Å². The molecule has 7 nitrogen and oxygen atoms in total. The molecule has 3 aromatic carbocycles. The third-order valence-corrected chi connectivity index (χ3v) is 4.61. The number of methoxy groups -OCH3 is 1. The van der Waals surface area contributed by atoms with Gasteiger partial charge in [-0.3, -0.25) is 4.79 Å². The summed E-state index contributed by atoms with van der Waals surface area (Å²) in [4.78, 5) is 12.9. The number of hydrogen-bond acceptors (Lipinski definition) is 6. The number of nitrogens with zero attached hydrogens (tertiary/aromatic N) is 1. The fraction of sp³-hybridized carbons (Fsp3) is 0.130. The lowest BCUT2D eigenvalue weighted by molar-refractivity contribution is -0.134. The van der Waals surface area contributed by atoms with E-state index in [4.69, 9.17) is 14.2 Å². The zero-order chi connectivity index (χ0) is 20.9. The van der Waals surface area contributed by atoms with Gasteiger partial charge in [-0.15, -0.1) is 0 Å². The van der Waals surface area contributed by atoms with Gasteiger partial charge < -0.3 is 19.3 Å². The molecule has 0 bridgehead atoms. The summed E-state index contributed by atoms with van der Waals surface area (Å²) < 4.78 is 17.1. The Kier molecular flexibility index (Phi) is 5.52. The van der Waals surface area contributed by atoms with Crippen molar-refractivity contribution in [2.24, 2.45) is 5.10 Å². The first kappa shape index (κ1) is 19.3. The van der Waals surface area contributed by atoms with E-state index in [-0.39, 0.29) is 5.75 Å². The maximum atomic E-state index is 12.9. The van der Waals surface area contributed by atoms with Gasteiger partial charge in [0, 0.05) is 0 Å². The van der Waals surface area contributed by atoms with Crippen LogP contribution in [-0.2, 0) is 4.79 Å². The SMILES string of the molecule is COc1cc(/C=N\NC(=O)[C@@H]2Oc3ccccc3O[C@@H]2c2ccccc2)ccc1O. The molecule has 1 heterocycles. The van der Waals surface area contributed by atoms with Crippen LogP contribution in [0.2, 0.25) is 0 Å². The quantitative estimate of drug-likeness (QED) is 0.502. The molecule has 4 rings (SSSR count). The van der Waals surface area contributed by atoms with E-state index in [9.17, 15) is 9.90 Å². The summed E-state index contributed by atoms with van der Waals surface area (Å²) >= 11 is 0. The molecule has 1 amide bonds. The monoisotopic (exact) mass is 404 g/mol. The second kappa shape index (κ2) is 8.57. The van der Waals surface area contributed by atoms with Gasteiger partial charge in [-0.05, 0) is 41.5 Å². The average molecular weight is 404 g/mol. The van der Waals surface area contributed by atoms with Crippen molar-refractivity contribution >= 4 is 12.1 Å². The summed E-state index contributed by atoms with van der Waals surface area (Å²) in [5.74, 6) is 0.971. The molecule has 0 spiro atoms. The molecule has 1 aliphatic heterocycles. The van der Waals surface area contributed by atoms with E-state index in [1.807, 2.05) is 42.5 Å². The fourth-order valence-electron chi connectivity index (χ4n) is 3.13. The summed E-state index contributed by atoms with van der Waals surface area (Å²) in [7, 11) is 1.46. The third kappa shape index (κ3) is 4.05. The van der Waals surface area contributed by atoms with Gasteiger partial charge >= 0.3 is 0 Å². The maximum Gasteiger partial charge on any atom is 0.285 e. The first-order valence-electron chi connectivity index (χ1n) is 9.33. The smallest absolute Gasteiger partial charge is 0.285 e. The predicted molar refractivity (Wildman–Crippen MR) is 111 cm³/mol. The second-order valence-electron chi connectivity index (χ2n) is 6.60. The van der Waals surface area contributed by atoms with Gasteiger partial charge in [0.15, 0.2) is 29.1 Å². The Hall–Kier alpha value is -4.00. The van der Waals surface area contributed by atoms with Crippen molar-refractivity contribution in [3.63, 3.8) is 0 Å². The van der Waals surface area contributed by atoms with Gasteiger partial charge in [-0.25, -0.2) is 5.43 Å². The van der Waals surface area contributed by atoms with E-state index in [0.717, 1.165) is 5.56 Å². The van der Waals surface area contributed by atoms with Crippen LogP contribution >= 0.6 is 0 Å². The van der Waals surface area contributed by atoms with Gasteiger partial charge in [0.1, 0.15) is 0 Å². The molecule has 0 saturated carbocycles. The summed E-state index contributed by atoms with van der Waals surface area (Å²) in [6.07, 6.45) is -0.0893. The summed E-state index contributed by atoms with van der Waals surface area (Å²) in [6.45, 7) is 0. The fourth-order valence-corrected chi connectivity index (χ4v) is 3.13. The molecular formula is C23H20N2O5. The van der Waals surface area contributed by atoms with Crippen molar-refractivity contribution in [2.45, 2.75) is 12.2 Å². The van der Waals surface area contributed by atoms with Gasteiger partial charge in [-0.1, -0.05) is 42.5 Å². The topological polar surface area (TPSA) is 89.4 Å². The van der Waals surface area contributed by atoms with Crippen LogP contribution < -0.4 is 19.6 Å². The minimum Gasteiger partial charge on any atom is -0.504 e. The number of amides is 1. The molecule has 2 N–H and O–H groups in total. The van der Waals surface area contributed by atoms with Crippen LogP contribution in [0, 0.1) is 0 Å². The number of nitrogens with one attached hydrogen (secondary N) is 1. The number of rotatable bonds is 5. The number of carbonyl (C=O) groups excluding carboxylic acids is 1. The van der Waals surface area contributed by atoms with Crippen molar-refractivity contribution in [1.82, 2.24) is 5.43 Å². The Balaban J connectivity index is 1.53. The summed E-state index contributed by atoms with van der Waals surface area (Å²) in [5, 5.41) is 13.7. The van der Waals surface area contributed by atoms with Crippen LogP contribution in [0.4, 0.5) is 0 Å². The van der Waals surface area contributed by atoms with Gasteiger partial charge in [-0.2, -0.15) is 5.10 Å². The number of carbonyl (C=O) groups is 1. The van der Waals surface area contributed by atoms with E-state index in [2.05, 4.69) is 10.5 Å². The Morgan fingerprint density at radius 2 is 1.73 bits per heavy atom. The molecular weight excluding hydrogens is 384 g/mol. The molecule has 152 valence electrons. The summed E-state index contributed by atoms with van der Waals surface area (Å²) in [6, 6.07) is 21.4. The number of benzene rings is 3. The molecule has 0 unspecified atom stereocenters. The third-order valence-electron chi connectivity index (χ3n) is 4.61. The lowest BCUT2D eigenvalue weighted by Crippen LogP contribution is -2.44. The highest BCUT2D eigenvalue weighted by Crippen LogP contribution is 2.39. The van der Waals surface area contributed by atoms with E-state index in [0.29, 0.717) is 22.8 Å². The number of hydrogen-bond donors (Lipinski definition) is 2. The summed E-state index contributed by atoms with van der Waals surface area (Å²) in [5.41, 5.74) is 3.97. The number of phenolic OH excluding ortho intramolecular Hbond substituents is 1. The van der Waals surface area contributed by atoms with Gasteiger partial charge in [0.25, 0.3) is 5.91 Å². The highest BCUT2D eigenvalue weighted by Gasteiger charge is 2.38. The second-order valence-corrected chi connectivity index (χ2v) is 6.60. The zero-order valence-corrected chi connectivity index (χ0v) is 16.2. The maximum absolute atomic E-state index is 12.9. The van der Waals surface area contributed by atoms with E-state index < -0.39 is 18.1 Å². The van der Waals surface area contributed by atoms with Crippen LogP contribution in [0.15, 0.2) is 77.9 Å². The van der Waals surface area contributed by atoms with Crippen molar-refractivity contribution in [3.8, 4) is 23.0 Å². The molecule has 0 fully saturated rings. The molecule has 0 radical (unpaired) electrons. The van der Waals surface area contributed by atoms with Crippen LogP contribution in [-0.4, -0.2) is 30.4 Å². The number of ether oxygens (including phenoxy) is 3. The number of aromatic hydroxyl groups is 1. The van der Waals surface area contributed by atoms with Gasteiger partial charge in [0.05, 0.1) is 13.3 Å². The highest BCUT2D eigenvalue weighted by atomic mass is 16.6. The lowest BCUT2D eigenvalue weighted by Gasteiger charge is -2.32. The first-order chi connectivity index (χ1) is 14.7. The number of phenols is 1. The molecule has 7 heteroatoms. The lowest BCUT2D eigenvalue weighted by atomic mass is 10.0. The van der Waals surface area contributed by atoms with Crippen LogP contribution in [0.25, 0.3) is 0 Å². The van der Waals surface area contributed by atoms with Crippen LogP contribution in [0.1, 0.15) is 17.2 Å². The van der Waals surface area contributed by atoms with Crippen molar-refractivity contribution in [1.29, 1.82) is 0 Å². The zero-order valence-electron chi connectivity index (χ0n) is 16.2. The number of para-hydroxylation sites is 2. The molecule has 30 heavy (non-hydrogen) atoms. The first-order valence-corrected chi connectivity index (χ1v) is 9.33. The Morgan fingerprint density at radius 1 is 1.03 bits per heavy atom. The minimum absolute atomic E-state index is 0.0239. The molecule has 0 saturated heterocycles. The largest absolute Gasteiger partial charge is 0.504 e. The Labute approximate surface area is 173 Å².